The lowest BCUT2D eigenvalue weighted by atomic mass is 10.3. The summed E-state index contributed by atoms with van der Waals surface area (Å²) >= 11 is 5.99. The third-order valence-electron chi connectivity index (χ3n) is 3.83. The van der Waals surface area contributed by atoms with E-state index in [-0.39, 0.29) is 0 Å². The van der Waals surface area contributed by atoms with Crippen LogP contribution in [0.2, 0.25) is 5.02 Å². The molecule has 1 heterocycles. The summed E-state index contributed by atoms with van der Waals surface area (Å²) < 4.78 is 5.90. The first kappa shape index (κ1) is 18.1. The lowest BCUT2D eigenvalue weighted by Crippen LogP contribution is -2.48. The van der Waals surface area contributed by atoms with Crippen LogP contribution in [0.4, 0.5) is 5.82 Å². The van der Waals surface area contributed by atoms with E-state index in [9.17, 15) is 0 Å². The molecule has 0 fully saturated rings. The molecule has 0 aliphatic heterocycles. The average Bonchev–Trinajstić information content (AvgIpc) is 3.05. The summed E-state index contributed by atoms with van der Waals surface area (Å²) in [6.45, 7) is 10.3. The van der Waals surface area contributed by atoms with Crippen LogP contribution in [-0.2, 0) is 0 Å². The van der Waals surface area contributed by atoms with Crippen LogP contribution < -0.4 is 5.43 Å². The van der Waals surface area contributed by atoms with Crippen LogP contribution in [0.3, 0.4) is 0 Å². The summed E-state index contributed by atoms with van der Waals surface area (Å²) in [4.78, 5) is 2.24. The molecule has 0 spiro atoms. The van der Waals surface area contributed by atoms with E-state index in [1.54, 1.807) is 4.68 Å². The van der Waals surface area contributed by atoms with Crippen molar-refractivity contribution in [3.63, 3.8) is 0 Å². The largest absolute Gasteiger partial charge is 0.387 e. The molecule has 0 unspecified atom stereocenters. The number of aromatic nitrogens is 1. The van der Waals surface area contributed by atoms with E-state index in [2.05, 4.69) is 40.0 Å². The van der Waals surface area contributed by atoms with Gasteiger partial charge in [-0.05, 0) is 44.2 Å². The molecule has 5 nitrogen and oxygen atoms in total. The summed E-state index contributed by atoms with van der Waals surface area (Å²) in [7, 11) is 4.04. The number of nitrogens with zero attached hydrogens (tertiary/aromatic N) is 4. The van der Waals surface area contributed by atoms with Crippen molar-refractivity contribution in [3.8, 4) is 5.69 Å². The number of hydrazine groups is 1. The van der Waals surface area contributed by atoms with E-state index in [1.807, 2.05) is 56.7 Å². The summed E-state index contributed by atoms with van der Waals surface area (Å²) in [6.07, 6.45) is 2.01. The molecule has 0 aliphatic rings. The fourth-order valence-corrected chi connectivity index (χ4v) is 2.69. The summed E-state index contributed by atoms with van der Waals surface area (Å²) in [6, 6.07) is 11.8. The van der Waals surface area contributed by atoms with E-state index in [4.69, 9.17) is 11.6 Å². The molecule has 2 rings (SSSR count). The van der Waals surface area contributed by atoms with Crippen LogP contribution in [0.5, 0.6) is 0 Å². The number of hydrazone groups is 1. The molecular weight excluding hydrogens is 322 g/mol. The van der Waals surface area contributed by atoms with E-state index in [0.29, 0.717) is 0 Å². The molecule has 0 aliphatic carbocycles. The molecule has 1 aromatic heterocycles. The van der Waals surface area contributed by atoms with E-state index in [0.717, 1.165) is 35.6 Å². The predicted molar refractivity (Wildman–Crippen MR) is 101 cm³/mol. The molecule has 0 radical (unpaired) electrons. The van der Waals surface area contributed by atoms with E-state index < -0.39 is 0 Å². The smallest absolute Gasteiger partial charge is 0.267 e. The zero-order valence-corrected chi connectivity index (χ0v) is 15.6. The van der Waals surface area contributed by atoms with Gasteiger partial charge >= 0.3 is 11.8 Å². The first-order chi connectivity index (χ1) is 11.5. The molecule has 0 amide bonds. The first-order valence-electron chi connectivity index (χ1n) is 8.07. The van der Waals surface area contributed by atoms with E-state index in [1.165, 1.54) is 0 Å². The highest BCUT2D eigenvalue weighted by Gasteiger charge is 2.23. The Labute approximate surface area is 149 Å². The number of benzene rings is 1. The zero-order chi connectivity index (χ0) is 17.7. The van der Waals surface area contributed by atoms with Crippen molar-refractivity contribution in [1.82, 2.24) is 14.9 Å². The van der Waals surface area contributed by atoms with Crippen molar-refractivity contribution < 1.29 is 9.26 Å². The van der Waals surface area contributed by atoms with Crippen LogP contribution in [0, 0.1) is 0 Å². The number of hydrogen-bond acceptors (Lipinski definition) is 0. The second-order valence-electron chi connectivity index (χ2n) is 5.64. The predicted octanol–water partition coefficient (Wildman–Crippen LogP) is 2.95. The Morgan fingerprint density at radius 3 is 2.33 bits per heavy atom. The van der Waals surface area contributed by atoms with Gasteiger partial charge < -0.3 is 0 Å². The number of nitrogens with one attached hydrogen (secondary N) is 1. The Morgan fingerprint density at radius 2 is 1.79 bits per heavy atom. The second kappa shape index (κ2) is 8.02. The maximum Gasteiger partial charge on any atom is 0.387 e. The maximum atomic E-state index is 5.99. The van der Waals surface area contributed by atoms with Gasteiger partial charge in [0.25, 0.3) is 0 Å². The Morgan fingerprint density at radius 1 is 1.17 bits per heavy atom. The summed E-state index contributed by atoms with van der Waals surface area (Å²) in [5, 5.41) is 0.724. The third-order valence-corrected chi connectivity index (χ3v) is 4.08. The van der Waals surface area contributed by atoms with Gasteiger partial charge in [-0.15, -0.1) is 5.43 Å². The van der Waals surface area contributed by atoms with Gasteiger partial charge in [0.15, 0.2) is 0 Å². The lowest BCUT2D eigenvalue weighted by Gasteiger charge is -2.17. The Balaban J connectivity index is 2.30. The van der Waals surface area contributed by atoms with Crippen LogP contribution >= 0.6 is 11.6 Å². The molecule has 0 saturated heterocycles. The highest BCUT2D eigenvalue weighted by molar-refractivity contribution is 6.30. The van der Waals surface area contributed by atoms with Crippen molar-refractivity contribution in [1.29, 1.82) is 0 Å². The molecule has 128 valence electrons. The lowest BCUT2D eigenvalue weighted by molar-refractivity contribution is -0.524. The highest BCUT2D eigenvalue weighted by atomic mass is 35.5. The average molecular weight is 348 g/mol. The number of rotatable bonds is 5. The molecular formula is C18H26ClN5+2. The normalized spacial score (nSPS) is 10.4. The van der Waals surface area contributed by atoms with Crippen molar-refractivity contribution in [2.24, 2.45) is 0 Å². The van der Waals surface area contributed by atoms with Crippen LogP contribution in [0.25, 0.3) is 5.69 Å². The SMILES string of the molecule is C=[N+](NC(N(CC)CC)=[N+](C)C)c1cccn1-c1ccc(Cl)cc1. The van der Waals surface area contributed by atoms with Gasteiger partial charge in [-0.1, -0.05) is 16.3 Å². The van der Waals surface area contributed by atoms with Crippen LogP contribution in [0.1, 0.15) is 13.8 Å². The second-order valence-corrected chi connectivity index (χ2v) is 6.08. The van der Waals surface area contributed by atoms with Crippen LogP contribution in [-0.4, -0.2) is 58.6 Å². The number of hydrogen-bond donors (Lipinski definition) is 1. The molecule has 1 aromatic carbocycles. The standard InChI is InChI=1S/C18H25ClN5/c1-6-23(7-2)18(21(3)4)20-22(5)17-9-8-14-24(17)16-12-10-15(19)11-13-16/h8-14H,5-7H2,1-4H3/q+1/p+1. The van der Waals surface area contributed by atoms with Gasteiger partial charge in [0.1, 0.15) is 5.69 Å². The number of halogens is 1. The topological polar surface area (TPSA) is 26.2 Å². The summed E-state index contributed by atoms with van der Waals surface area (Å²) in [5.41, 5.74) is 4.42. The maximum absolute atomic E-state index is 5.99. The number of guanidine groups is 1. The van der Waals surface area contributed by atoms with Gasteiger partial charge in [-0.25, -0.2) is 0 Å². The monoisotopic (exact) mass is 347 g/mol. The Bertz CT molecular complexity index is 722. The van der Waals surface area contributed by atoms with Gasteiger partial charge in [-0.3, -0.25) is 9.48 Å². The fourth-order valence-electron chi connectivity index (χ4n) is 2.57. The Kier molecular flexibility index (Phi) is 6.04. The molecule has 0 saturated carbocycles. The minimum Gasteiger partial charge on any atom is -0.267 e. The molecule has 0 atom stereocenters. The molecule has 0 bridgehead atoms. The van der Waals surface area contributed by atoms with Crippen molar-refractivity contribution in [2.75, 3.05) is 27.2 Å². The van der Waals surface area contributed by atoms with Crippen molar-refractivity contribution in [3.05, 3.63) is 47.6 Å². The minimum absolute atomic E-state index is 0.724. The third kappa shape index (κ3) is 3.97. The zero-order valence-electron chi connectivity index (χ0n) is 14.8. The molecule has 6 heteroatoms. The van der Waals surface area contributed by atoms with Crippen molar-refractivity contribution >= 4 is 30.1 Å². The van der Waals surface area contributed by atoms with Gasteiger partial charge in [0, 0.05) is 11.1 Å². The highest BCUT2D eigenvalue weighted by Crippen LogP contribution is 2.20. The quantitative estimate of drug-likeness (QED) is 0.389. The molecule has 24 heavy (non-hydrogen) atoms. The van der Waals surface area contributed by atoms with E-state index >= 15 is 0 Å². The van der Waals surface area contributed by atoms with Crippen LogP contribution in [0.15, 0.2) is 42.6 Å². The van der Waals surface area contributed by atoms with Gasteiger partial charge in [0.05, 0.1) is 40.1 Å². The first-order valence-corrected chi connectivity index (χ1v) is 8.45. The van der Waals surface area contributed by atoms with Gasteiger partial charge in [-0.2, -0.15) is 4.57 Å². The van der Waals surface area contributed by atoms with Gasteiger partial charge in [0.2, 0.25) is 0 Å². The molecule has 1 N–H and O–H groups in total. The summed E-state index contributed by atoms with van der Waals surface area (Å²) in [5.74, 6) is 1.93. The van der Waals surface area contributed by atoms with Crippen molar-refractivity contribution in [2.45, 2.75) is 13.8 Å². The minimum atomic E-state index is 0.724. The molecule has 2 aromatic rings. The Hall–Kier alpha value is -2.27. The fraction of sp³-hybridized carbons (Fsp3) is 0.333.